The van der Waals surface area contributed by atoms with Crippen LogP contribution in [0.25, 0.3) is 10.2 Å². The number of thiazole rings is 1. The molecule has 0 spiro atoms. The number of methoxy groups -OCH3 is 1. The van der Waals surface area contributed by atoms with Crippen LogP contribution in [0.2, 0.25) is 5.02 Å². The number of esters is 1. The molecule has 6 nitrogen and oxygen atoms in total. The van der Waals surface area contributed by atoms with E-state index in [-0.39, 0.29) is 10.7 Å². The zero-order valence-electron chi connectivity index (χ0n) is 13.5. The number of hydrogen-bond acceptors (Lipinski definition) is 7. The van der Waals surface area contributed by atoms with Crippen molar-refractivity contribution in [2.45, 2.75) is 25.3 Å². The van der Waals surface area contributed by atoms with Crippen LogP contribution in [-0.4, -0.2) is 28.0 Å². The summed E-state index contributed by atoms with van der Waals surface area (Å²) in [5, 5.41) is 4.29. The standard InChI is InChI=1S/C17H15ClN4O2S/c1-24-17(23)14-13(18)16(22-15(21-14)9-6-7-9)19-8-12-20-10-4-2-3-5-11(10)25-12/h2-5,9H,6-8H2,1H3,(H,19,21,22). The molecule has 2 heterocycles. The molecule has 1 saturated carbocycles. The second kappa shape index (κ2) is 6.57. The van der Waals surface area contributed by atoms with E-state index in [9.17, 15) is 4.79 Å². The predicted octanol–water partition coefficient (Wildman–Crippen LogP) is 4.02. The molecule has 0 unspecified atom stereocenters. The zero-order valence-corrected chi connectivity index (χ0v) is 15.0. The van der Waals surface area contributed by atoms with Crippen molar-refractivity contribution in [1.82, 2.24) is 15.0 Å². The minimum absolute atomic E-state index is 0.105. The van der Waals surface area contributed by atoms with Gasteiger partial charge in [0.1, 0.15) is 21.7 Å². The number of halogens is 1. The zero-order chi connectivity index (χ0) is 17.4. The molecule has 2 aromatic heterocycles. The summed E-state index contributed by atoms with van der Waals surface area (Å²) < 4.78 is 5.91. The number of ether oxygens (including phenoxy) is 1. The third kappa shape index (κ3) is 3.29. The fourth-order valence-corrected chi connectivity index (χ4v) is 3.63. The second-order valence-electron chi connectivity index (χ2n) is 5.79. The van der Waals surface area contributed by atoms with Crippen LogP contribution in [0, 0.1) is 0 Å². The molecule has 0 aliphatic heterocycles. The third-order valence-electron chi connectivity index (χ3n) is 3.93. The van der Waals surface area contributed by atoms with E-state index in [1.54, 1.807) is 11.3 Å². The Bertz CT molecular complexity index is 922. The van der Waals surface area contributed by atoms with E-state index in [1.165, 1.54) is 7.11 Å². The van der Waals surface area contributed by atoms with Gasteiger partial charge in [-0.3, -0.25) is 0 Å². The average Bonchev–Trinajstić information content (AvgIpc) is 3.39. The minimum Gasteiger partial charge on any atom is -0.464 e. The second-order valence-corrected chi connectivity index (χ2v) is 7.28. The topological polar surface area (TPSA) is 77.0 Å². The van der Waals surface area contributed by atoms with Crippen molar-refractivity contribution in [1.29, 1.82) is 0 Å². The fraction of sp³-hybridized carbons (Fsp3) is 0.294. The number of anilines is 1. The molecule has 1 aliphatic rings. The molecule has 1 fully saturated rings. The van der Waals surface area contributed by atoms with Crippen molar-refractivity contribution in [2.24, 2.45) is 0 Å². The lowest BCUT2D eigenvalue weighted by Crippen LogP contribution is -2.12. The molecule has 1 aromatic carbocycles. The first-order chi connectivity index (χ1) is 12.2. The fourth-order valence-electron chi connectivity index (χ4n) is 2.49. The molecule has 128 valence electrons. The molecule has 0 bridgehead atoms. The van der Waals surface area contributed by atoms with E-state index in [1.807, 2.05) is 24.3 Å². The molecule has 25 heavy (non-hydrogen) atoms. The minimum atomic E-state index is -0.558. The van der Waals surface area contributed by atoms with Crippen LogP contribution in [0.4, 0.5) is 5.82 Å². The summed E-state index contributed by atoms with van der Waals surface area (Å²) in [6.45, 7) is 0.473. The van der Waals surface area contributed by atoms with Gasteiger partial charge in [-0.1, -0.05) is 23.7 Å². The van der Waals surface area contributed by atoms with Crippen molar-refractivity contribution < 1.29 is 9.53 Å². The van der Waals surface area contributed by atoms with Gasteiger partial charge in [-0.25, -0.2) is 19.7 Å². The van der Waals surface area contributed by atoms with Gasteiger partial charge < -0.3 is 10.1 Å². The number of hydrogen-bond donors (Lipinski definition) is 1. The maximum Gasteiger partial charge on any atom is 0.358 e. The van der Waals surface area contributed by atoms with Gasteiger partial charge >= 0.3 is 5.97 Å². The number of aromatic nitrogens is 3. The van der Waals surface area contributed by atoms with Gasteiger partial charge in [0.05, 0.1) is 23.9 Å². The summed E-state index contributed by atoms with van der Waals surface area (Å²) in [4.78, 5) is 25.3. The molecular weight excluding hydrogens is 360 g/mol. The van der Waals surface area contributed by atoms with E-state index in [4.69, 9.17) is 16.3 Å². The van der Waals surface area contributed by atoms with Crippen LogP contribution in [0.15, 0.2) is 24.3 Å². The Kier molecular flexibility index (Phi) is 4.27. The summed E-state index contributed by atoms with van der Waals surface area (Å²) in [5.74, 6) is 0.816. The highest BCUT2D eigenvalue weighted by atomic mass is 35.5. The van der Waals surface area contributed by atoms with E-state index in [2.05, 4.69) is 20.3 Å². The first-order valence-electron chi connectivity index (χ1n) is 7.89. The molecular formula is C17H15ClN4O2S. The van der Waals surface area contributed by atoms with Gasteiger partial charge in [-0.05, 0) is 25.0 Å². The Hall–Kier alpha value is -2.25. The number of nitrogens with zero attached hydrogens (tertiary/aromatic N) is 3. The Morgan fingerprint density at radius 2 is 2.12 bits per heavy atom. The van der Waals surface area contributed by atoms with Crippen molar-refractivity contribution in [3.05, 3.63) is 45.8 Å². The number of benzene rings is 1. The van der Waals surface area contributed by atoms with Crippen LogP contribution < -0.4 is 5.32 Å². The highest BCUT2D eigenvalue weighted by molar-refractivity contribution is 7.18. The molecule has 0 amide bonds. The SMILES string of the molecule is COC(=O)c1nc(C2CC2)nc(NCc2nc3ccccc3s2)c1Cl. The van der Waals surface area contributed by atoms with E-state index in [0.29, 0.717) is 24.1 Å². The molecule has 0 saturated heterocycles. The quantitative estimate of drug-likeness (QED) is 0.680. The van der Waals surface area contributed by atoms with Crippen molar-refractivity contribution >= 4 is 44.9 Å². The number of nitrogens with one attached hydrogen (secondary N) is 1. The Balaban J connectivity index is 1.62. The largest absolute Gasteiger partial charge is 0.464 e. The molecule has 0 radical (unpaired) electrons. The number of carbonyl (C=O) groups excluding carboxylic acids is 1. The Morgan fingerprint density at radius 3 is 2.84 bits per heavy atom. The Morgan fingerprint density at radius 1 is 1.32 bits per heavy atom. The van der Waals surface area contributed by atoms with Gasteiger partial charge in [-0.2, -0.15) is 0 Å². The number of fused-ring (bicyclic) bond motifs is 1. The summed E-state index contributed by atoms with van der Waals surface area (Å²) in [5.41, 5.74) is 1.07. The summed E-state index contributed by atoms with van der Waals surface area (Å²) in [7, 11) is 1.31. The number of rotatable bonds is 5. The van der Waals surface area contributed by atoms with Crippen molar-refractivity contribution in [3.63, 3.8) is 0 Å². The van der Waals surface area contributed by atoms with E-state index in [0.717, 1.165) is 28.1 Å². The predicted molar refractivity (Wildman–Crippen MR) is 97.3 cm³/mol. The summed E-state index contributed by atoms with van der Waals surface area (Å²) >= 11 is 7.93. The maximum absolute atomic E-state index is 11.9. The van der Waals surface area contributed by atoms with E-state index >= 15 is 0 Å². The van der Waals surface area contributed by atoms with Gasteiger partial charge in [-0.15, -0.1) is 11.3 Å². The highest BCUT2D eigenvalue weighted by Gasteiger charge is 2.30. The molecule has 3 aromatic rings. The van der Waals surface area contributed by atoms with Gasteiger partial charge in [0.2, 0.25) is 0 Å². The van der Waals surface area contributed by atoms with Crippen LogP contribution in [0.1, 0.15) is 40.1 Å². The smallest absolute Gasteiger partial charge is 0.358 e. The van der Waals surface area contributed by atoms with Crippen LogP contribution >= 0.6 is 22.9 Å². The number of para-hydroxylation sites is 1. The van der Waals surface area contributed by atoms with Gasteiger partial charge in [0.15, 0.2) is 5.69 Å². The molecule has 1 N–H and O–H groups in total. The highest BCUT2D eigenvalue weighted by Crippen LogP contribution is 2.39. The third-order valence-corrected chi connectivity index (χ3v) is 5.33. The average molecular weight is 375 g/mol. The first kappa shape index (κ1) is 16.2. The summed E-state index contributed by atoms with van der Waals surface area (Å²) in [6.07, 6.45) is 2.05. The Labute approximate surface area is 153 Å². The maximum atomic E-state index is 11.9. The normalized spacial score (nSPS) is 13.8. The van der Waals surface area contributed by atoms with Crippen molar-refractivity contribution in [2.75, 3.05) is 12.4 Å². The van der Waals surface area contributed by atoms with Crippen LogP contribution in [0.5, 0.6) is 0 Å². The monoisotopic (exact) mass is 374 g/mol. The first-order valence-corrected chi connectivity index (χ1v) is 9.09. The van der Waals surface area contributed by atoms with E-state index < -0.39 is 5.97 Å². The lowest BCUT2D eigenvalue weighted by atomic mass is 10.3. The molecule has 0 atom stereocenters. The molecule has 4 rings (SSSR count). The lowest BCUT2D eigenvalue weighted by Gasteiger charge is -2.10. The molecule has 8 heteroatoms. The van der Waals surface area contributed by atoms with Crippen molar-refractivity contribution in [3.8, 4) is 0 Å². The lowest BCUT2D eigenvalue weighted by molar-refractivity contribution is 0.0593. The molecule has 1 aliphatic carbocycles. The van der Waals surface area contributed by atoms with Gasteiger partial charge in [0, 0.05) is 5.92 Å². The van der Waals surface area contributed by atoms with Crippen LogP contribution in [0.3, 0.4) is 0 Å². The van der Waals surface area contributed by atoms with Crippen LogP contribution in [-0.2, 0) is 11.3 Å². The van der Waals surface area contributed by atoms with Gasteiger partial charge in [0.25, 0.3) is 0 Å². The summed E-state index contributed by atoms with van der Waals surface area (Å²) in [6, 6.07) is 7.97. The number of carbonyl (C=O) groups is 1.